The molecule has 1 atom stereocenters. The lowest BCUT2D eigenvalue weighted by Crippen LogP contribution is -2.31. The van der Waals surface area contributed by atoms with Crippen LogP contribution in [0, 0.1) is 0 Å². The minimum atomic E-state index is -3.67. The fourth-order valence-electron chi connectivity index (χ4n) is 2.43. The summed E-state index contributed by atoms with van der Waals surface area (Å²) in [6.45, 7) is -0.0281. The number of hydrogen-bond acceptors (Lipinski definition) is 5. The van der Waals surface area contributed by atoms with Crippen molar-refractivity contribution < 1.29 is 13.2 Å². The summed E-state index contributed by atoms with van der Waals surface area (Å²) < 4.78 is 26.1. The molecule has 0 bridgehead atoms. The van der Waals surface area contributed by atoms with Crippen molar-refractivity contribution in [3.63, 3.8) is 0 Å². The maximum Gasteiger partial charge on any atom is 0.261 e. The maximum atomic E-state index is 13.1. The summed E-state index contributed by atoms with van der Waals surface area (Å²) in [6.07, 6.45) is 3.10. The van der Waals surface area contributed by atoms with Crippen molar-refractivity contribution in [3.8, 4) is 0 Å². The van der Waals surface area contributed by atoms with Gasteiger partial charge in [-0.05, 0) is 35.2 Å². The van der Waals surface area contributed by atoms with Gasteiger partial charge in [-0.25, -0.2) is 8.42 Å². The predicted molar refractivity (Wildman–Crippen MR) is 97.3 cm³/mol. The van der Waals surface area contributed by atoms with Gasteiger partial charge in [-0.15, -0.1) is 11.3 Å². The minimum absolute atomic E-state index is 0.0281. The first-order valence-corrected chi connectivity index (χ1v) is 10.0. The summed E-state index contributed by atoms with van der Waals surface area (Å²) in [4.78, 5) is 17.0. The van der Waals surface area contributed by atoms with E-state index >= 15 is 0 Å². The Morgan fingerprint density at radius 1 is 1.08 bits per heavy atom. The molecule has 0 unspecified atom stereocenters. The molecular formula is C18H16N2O3S2. The Balaban J connectivity index is 1.90. The van der Waals surface area contributed by atoms with Gasteiger partial charge in [0, 0.05) is 18.9 Å². The Labute approximate surface area is 150 Å². The van der Waals surface area contributed by atoms with Crippen LogP contribution in [0.3, 0.4) is 0 Å². The van der Waals surface area contributed by atoms with Gasteiger partial charge < -0.3 is 5.32 Å². The number of rotatable bonds is 6. The van der Waals surface area contributed by atoms with Gasteiger partial charge in [-0.3, -0.25) is 9.78 Å². The Bertz CT molecular complexity index is 925. The van der Waals surface area contributed by atoms with Crippen LogP contribution in [-0.2, 0) is 9.84 Å². The molecule has 0 saturated heterocycles. The van der Waals surface area contributed by atoms with Gasteiger partial charge in [-0.1, -0.05) is 30.3 Å². The normalized spacial score (nSPS) is 12.5. The molecule has 0 fully saturated rings. The van der Waals surface area contributed by atoms with Gasteiger partial charge in [0.05, 0.1) is 9.77 Å². The first-order valence-electron chi connectivity index (χ1n) is 7.59. The first-order chi connectivity index (χ1) is 12.1. The SMILES string of the molecule is O=C(NC[C@@H](c1cccnc1)S(=O)(=O)c1ccccc1)c1cccs1. The Morgan fingerprint density at radius 3 is 2.52 bits per heavy atom. The van der Waals surface area contributed by atoms with Gasteiger partial charge in [-0.2, -0.15) is 0 Å². The van der Waals surface area contributed by atoms with Crippen LogP contribution in [0.25, 0.3) is 0 Å². The summed E-state index contributed by atoms with van der Waals surface area (Å²) in [5.74, 6) is -0.285. The third kappa shape index (κ3) is 3.94. The van der Waals surface area contributed by atoms with Gasteiger partial charge in [0.25, 0.3) is 5.91 Å². The Morgan fingerprint density at radius 2 is 1.88 bits per heavy atom. The lowest BCUT2D eigenvalue weighted by molar-refractivity contribution is 0.0957. The lowest BCUT2D eigenvalue weighted by atomic mass is 10.2. The molecule has 1 amide bonds. The van der Waals surface area contributed by atoms with E-state index < -0.39 is 15.1 Å². The molecule has 0 spiro atoms. The molecule has 0 aliphatic rings. The molecule has 0 radical (unpaired) electrons. The number of carbonyl (C=O) groups excluding carboxylic acids is 1. The number of aromatic nitrogens is 1. The molecule has 0 saturated carbocycles. The zero-order chi connectivity index (χ0) is 17.7. The number of benzene rings is 1. The number of nitrogens with zero attached hydrogens (tertiary/aromatic N) is 1. The first kappa shape index (κ1) is 17.3. The molecule has 3 aromatic rings. The monoisotopic (exact) mass is 372 g/mol. The van der Waals surface area contributed by atoms with Crippen molar-refractivity contribution in [2.45, 2.75) is 10.1 Å². The van der Waals surface area contributed by atoms with Crippen LogP contribution >= 0.6 is 11.3 Å². The average Bonchev–Trinajstić information content (AvgIpc) is 3.18. The second kappa shape index (κ2) is 7.58. The standard InChI is InChI=1S/C18H16N2O3S2/c21-18(16-9-5-11-24-16)20-13-17(14-6-4-10-19-12-14)25(22,23)15-7-2-1-3-8-15/h1-12,17H,13H2,(H,20,21)/t17-/m0/s1. The number of sulfone groups is 1. The van der Waals surface area contributed by atoms with Crippen LogP contribution in [0.4, 0.5) is 0 Å². The average molecular weight is 372 g/mol. The molecule has 2 aromatic heterocycles. The highest BCUT2D eigenvalue weighted by Gasteiger charge is 2.29. The van der Waals surface area contributed by atoms with Crippen molar-refractivity contribution in [2.75, 3.05) is 6.54 Å². The lowest BCUT2D eigenvalue weighted by Gasteiger charge is -2.18. The van der Waals surface area contributed by atoms with E-state index in [0.717, 1.165) is 0 Å². The van der Waals surface area contributed by atoms with Crippen molar-refractivity contribution in [1.82, 2.24) is 10.3 Å². The summed E-state index contributed by atoms with van der Waals surface area (Å²) >= 11 is 1.31. The number of carbonyl (C=O) groups is 1. The van der Waals surface area contributed by atoms with Gasteiger partial charge in [0.1, 0.15) is 5.25 Å². The van der Waals surface area contributed by atoms with Crippen LogP contribution in [-0.4, -0.2) is 25.9 Å². The van der Waals surface area contributed by atoms with Crippen molar-refractivity contribution in [1.29, 1.82) is 0 Å². The van der Waals surface area contributed by atoms with Crippen LogP contribution in [0.5, 0.6) is 0 Å². The van der Waals surface area contributed by atoms with E-state index in [1.165, 1.54) is 17.5 Å². The van der Waals surface area contributed by atoms with Crippen LogP contribution in [0.1, 0.15) is 20.5 Å². The van der Waals surface area contributed by atoms with E-state index in [1.807, 2.05) is 0 Å². The van der Waals surface area contributed by atoms with Crippen molar-refractivity contribution >= 4 is 27.1 Å². The third-order valence-corrected chi connectivity index (χ3v) is 6.68. The third-order valence-electron chi connectivity index (χ3n) is 3.70. The maximum absolute atomic E-state index is 13.1. The topological polar surface area (TPSA) is 76.1 Å². The number of thiophene rings is 1. The molecule has 1 aromatic carbocycles. The second-order valence-corrected chi connectivity index (χ2v) is 8.40. The van der Waals surface area contributed by atoms with Gasteiger partial charge >= 0.3 is 0 Å². The van der Waals surface area contributed by atoms with Crippen LogP contribution < -0.4 is 5.32 Å². The molecular weight excluding hydrogens is 356 g/mol. The number of nitrogens with one attached hydrogen (secondary N) is 1. The van der Waals surface area contributed by atoms with E-state index in [1.54, 1.807) is 66.2 Å². The summed E-state index contributed by atoms with van der Waals surface area (Å²) in [5, 5.41) is 3.61. The van der Waals surface area contributed by atoms with E-state index in [-0.39, 0.29) is 17.3 Å². The molecule has 7 heteroatoms. The fourth-order valence-corrected chi connectivity index (χ4v) is 4.73. The molecule has 3 rings (SSSR count). The predicted octanol–water partition coefficient (Wildman–Crippen LogP) is 3.09. The van der Waals surface area contributed by atoms with Crippen LogP contribution in [0.15, 0.2) is 77.3 Å². The highest BCUT2D eigenvalue weighted by molar-refractivity contribution is 7.91. The fraction of sp³-hybridized carbons (Fsp3) is 0.111. The molecule has 0 aliphatic carbocycles. The Kier molecular flexibility index (Phi) is 5.25. The summed E-state index contributed by atoms with van der Waals surface area (Å²) in [6, 6.07) is 15.1. The molecule has 1 N–H and O–H groups in total. The quantitative estimate of drug-likeness (QED) is 0.721. The van der Waals surface area contributed by atoms with Crippen molar-refractivity contribution in [2.24, 2.45) is 0 Å². The Hall–Kier alpha value is -2.51. The minimum Gasteiger partial charge on any atom is -0.350 e. The molecule has 25 heavy (non-hydrogen) atoms. The molecule has 128 valence electrons. The highest BCUT2D eigenvalue weighted by Crippen LogP contribution is 2.28. The van der Waals surface area contributed by atoms with E-state index in [0.29, 0.717) is 10.4 Å². The summed E-state index contributed by atoms with van der Waals surface area (Å²) in [7, 11) is -3.67. The van der Waals surface area contributed by atoms with Gasteiger partial charge in [0.2, 0.25) is 0 Å². The van der Waals surface area contributed by atoms with Crippen molar-refractivity contribution in [3.05, 3.63) is 82.8 Å². The number of pyridine rings is 1. The zero-order valence-electron chi connectivity index (χ0n) is 13.2. The second-order valence-electron chi connectivity index (χ2n) is 5.32. The number of hydrogen-bond donors (Lipinski definition) is 1. The molecule has 0 aliphatic heterocycles. The smallest absolute Gasteiger partial charge is 0.261 e. The summed E-state index contributed by atoms with van der Waals surface area (Å²) in [5.41, 5.74) is 0.540. The van der Waals surface area contributed by atoms with Gasteiger partial charge in [0.15, 0.2) is 9.84 Å². The zero-order valence-corrected chi connectivity index (χ0v) is 14.8. The van der Waals surface area contributed by atoms with E-state index in [9.17, 15) is 13.2 Å². The van der Waals surface area contributed by atoms with Crippen LogP contribution in [0.2, 0.25) is 0 Å². The molecule has 5 nitrogen and oxygen atoms in total. The highest BCUT2D eigenvalue weighted by atomic mass is 32.2. The van der Waals surface area contributed by atoms with E-state index in [4.69, 9.17) is 0 Å². The van der Waals surface area contributed by atoms with E-state index in [2.05, 4.69) is 10.3 Å². The largest absolute Gasteiger partial charge is 0.350 e. The number of amides is 1. The molecule has 2 heterocycles.